The lowest BCUT2D eigenvalue weighted by Crippen LogP contribution is -1.98. The van der Waals surface area contributed by atoms with Crippen LogP contribution >= 0.6 is 0 Å². The second kappa shape index (κ2) is 28.0. The van der Waals surface area contributed by atoms with Gasteiger partial charge in [-0.2, -0.15) is 0 Å². The van der Waals surface area contributed by atoms with Crippen LogP contribution in [0.3, 0.4) is 0 Å². The van der Waals surface area contributed by atoms with Gasteiger partial charge >= 0.3 is 0 Å². The van der Waals surface area contributed by atoms with E-state index in [9.17, 15) is 0 Å². The molecule has 0 unspecified atom stereocenters. The van der Waals surface area contributed by atoms with Gasteiger partial charge in [-0.1, -0.05) is 189 Å². The number of pyridine rings is 1. The first-order valence-corrected chi connectivity index (χ1v) is 24.1. The minimum absolute atomic E-state index is 0.610. The molecule has 0 saturated carbocycles. The van der Waals surface area contributed by atoms with E-state index in [4.69, 9.17) is 4.98 Å². The molecule has 0 saturated heterocycles. The topological polar surface area (TPSA) is 12.9 Å². The molecular weight excluding hydrogens is 747 g/mol. The Morgan fingerprint density at radius 2 is 0.548 bits per heavy atom. The van der Waals surface area contributed by atoms with E-state index in [1.807, 2.05) is 6.07 Å². The highest BCUT2D eigenvalue weighted by molar-refractivity contribution is 5.60. The second-order valence-corrected chi connectivity index (χ2v) is 16.8. The number of benzene rings is 4. The predicted octanol–water partition coefficient (Wildman–Crippen LogP) is 15.2. The summed E-state index contributed by atoms with van der Waals surface area (Å²) in [6.45, 7) is 9.03. The van der Waals surface area contributed by atoms with Crippen LogP contribution in [-0.4, -0.2) is 4.98 Å². The lowest BCUT2D eigenvalue weighted by molar-refractivity contribution is 0.667. The molecule has 5 rings (SSSR count). The SMILES string of the molecule is CCCCCCc1ccc(C#Cc2cc(C#Cc3ccc(CCCCCC)cc3)c(C#Cc3ccc(CCCCCC)cc3)nc2C#Cc2ccc(CCCCCC)cc2)cc1. The van der Waals surface area contributed by atoms with Gasteiger partial charge in [0.15, 0.2) is 0 Å². The van der Waals surface area contributed by atoms with Crippen molar-refractivity contribution in [2.45, 2.75) is 156 Å². The normalized spacial score (nSPS) is 10.4. The van der Waals surface area contributed by atoms with E-state index in [1.165, 1.54) is 125 Å². The molecule has 62 heavy (non-hydrogen) atoms. The molecular formula is C61H69N. The Labute approximate surface area is 377 Å². The van der Waals surface area contributed by atoms with E-state index in [1.54, 1.807) is 0 Å². The Bertz CT molecular complexity index is 1990. The zero-order chi connectivity index (χ0) is 43.5. The van der Waals surface area contributed by atoms with Gasteiger partial charge in [-0.15, -0.1) is 0 Å². The third-order valence-electron chi connectivity index (χ3n) is 11.4. The van der Waals surface area contributed by atoms with Crippen molar-refractivity contribution in [3.05, 3.63) is 170 Å². The van der Waals surface area contributed by atoms with Gasteiger partial charge in [-0.25, -0.2) is 4.98 Å². The summed E-state index contributed by atoms with van der Waals surface area (Å²) in [4.78, 5) is 5.15. The zero-order valence-electron chi connectivity index (χ0n) is 38.4. The van der Waals surface area contributed by atoms with Crippen molar-refractivity contribution in [2.75, 3.05) is 0 Å². The van der Waals surface area contributed by atoms with Crippen molar-refractivity contribution in [2.24, 2.45) is 0 Å². The first-order valence-electron chi connectivity index (χ1n) is 24.1. The monoisotopic (exact) mass is 816 g/mol. The van der Waals surface area contributed by atoms with Crippen LogP contribution in [0.2, 0.25) is 0 Å². The molecule has 0 radical (unpaired) electrons. The summed E-state index contributed by atoms with van der Waals surface area (Å²) in [5, 5.41) is 0. The summed E-state index contributed by atoms with van der Waals surface area (Å²) in [6.07, 6.45) is 24.6. The fraction of sp³-hybridized carbons (Fsp3) is 0.393. The van der Waals surface area contributed by atoms with E-state index < -0.39 is 0 Å². The molecule has 0 aliphatic heterocycles. The summed E-state index contributed by atoms with van der Waals surface area (Å²) in [5.74, 6) is 27.4. The van der Waals surface area contributed by atoms with E-state index >= 15 is 0 Å². The first-order chi connectivity index (χ1) is 30.6. The molecule has 0 aliphatic rings. The number of rotatable bonds is 20. The standard InChI is InChI=1S/C61H69N/c1-5-9-13-17-21-50-25-33-54(34-26-50)41-45-58-49-59(46-42-55-35-27-51(28-36-55)22-18-14-10-6-2)61(48-44-57-39-31-53(32-40-57)24-20-16-12-8-4)62-60(58)47-43-56-37-29-52(30-38-56)23-19-15-11-7-3/h25-40,49H,5-24H2,1-4H3. The van der Waals surface area contributed by atoms with Crippen LogP contribution in [0.1, 0.15) is 197 Å². The molecule has 318 valence electrons. The van der Waals surface area contributed by atoms with Gasteiger partial charge in [0.1, 0.15) is 11.4 Å². The molecule has 5 aromatic rings. The van der Waals surface area contributed by atoms with Gasteiger partial charge in [0, 0.05) is 22.3 Å². The maximum absolute atomic E-state index is 5.15. The molecule has 0 bridgehead atoms. The van der Waals surface area contributed by atoms with Crippen molar-refractivity contribution in [3.8, 4) is 47.4 Å². The van der Waals surface area contributed by atoms with Gasteiger partial charge < -0.3 is 0 Å². The van der Waals surface area contributed by atoms with E-state index in [0.29, 0.717) is 11.4 Å². The number of hydrogen-bond donors (Lipinski definition) is 0. The third-order valence-corrected chi connectivity index (χ3v) is 11.4. The smallest absolute Gasteiger partial charge is 0.130 e. The van der Waals surface area contributed by atoms with Gasteiger partial charge in [0.2, 0.25) is 0 Å². The van der Waals surface area contributed by atoms with Crippen LogP contribution in [0.15, 0.2) is 103 Å². The fourth-order valence-corrected chi connectivity index (χ4v) is 7.48. The highest BCUT2D eigenvalue weighted by atomic mass is 14.7. The van der Waals surface area contributed by atoms with Crippen LogP contribution in [0.25, 0.3) is 0 Å². The summed E-state index contributed by atoms with van der Waals surface area (Å²) in [5.41, 5.74) is 12.0. The molecule has 0 atom stereocenters. The number of unbranched alkanes of at least 4 members (excludes halogenated alkanes) is 12. The third kappa shape index (κ3) is 17.3. The second-order valence-electron chi connectivity index (χ2n) is 16.8. The van der Waals surface area contributed by atoms with Crippen LogP contribution in [0.4, 0.5) is 0 Å². The van der Waals surface area contributed by atoms with Gasteiger partial charge in [0.25, 0.3) is 0 Å². The average Bonchev–Trinajstić information content (AvgIpc) is 3.31. The average molecular weight is 816 g/mol. The maximum Gasteiger partial charge on any atom is 0.130 e. The summed E-state index contributed by atoms with van der Waals surface area (Å²) < 4.78 is 0. The molecule has 1 heteroatoms. The molecule has 1 heterocycles. The molecule has 0 amide bonds. The van der Waals surface area contributed by atoms with Gasteiger partial charge in [0.05, 0.1) is 11.1 Å². The maximum atomic E-state index is 5.15. The van der Waals surface area contributed by atoms with Crippen LogP contribution < -0.4 is 0 Å². The van der Waals surface area contributed by atoms with Gasteiger partial charge in [-0.3, -0.25) is 0 Å². The highest BCUT2D eigenvalue weighted by Crippen LogP contribution is 2.17. The van der Waals surface area contributed by atoms with E-state index in [2.05, 4.69) is 172 Å². The summed E-state index contributed by atoms with van der Waals surface area (Å²) in [6, 6.07) is 36.8. The summed E-state index contributed by atoms with van der Waals surface area (Å²) >= 11 is 0. The van der Waals surface area contributed by atoms with Crippen LogP contribution in [-0.2, 0) is 25.7 Å². The fourth-order valence-electron chi connectivity index (χ4n) is 7.48. The Morgan fingerprint density at radius 1 is 0.290 bits per heavy atom. The van der Waals surface area contributed by atoms with Crippen LogP contribution in [0.5, 0.6) is 0 Å². The van der Waals surface area contributed by atoms with E-state index in [0.717, 1.165) is 59.1 Å². The summed E-state index contributed by atoms with van der Waals surface area (Å²) in [7, 11) is 0. The van der Waals surface area contributed by atoms with Crippen molar-refractivity contribution >= 4 is 0 Å². The van der Waals surface area contributed by atoms with E-state index in [-0.39, 0.29) is 0 Å². The lowest BCUT2D eigenvalue weighted by Gasteiger charge is -2.04. The minimum Gasteiger partial charge on any atom is -0.228 e. The number of aromatic nitrogens is 1. The largest absolute Gasteiger partial charge is 0.228 e. The number of nitrogens with zero attached hydrogens (tertiary/aromatic N) is 1. The Kier molecular flexibility index (Phi) is 21.4. The first kappa shape index (κ1) is 47.3. The number of aryl methyl sites for hydroxylation is 4. The van der Waals surface area contributed by atoms with Crippen LogP contribution in [0, 0.1) is 47.4 Å². The van der Waals surface area contributed by atoms with Crippen molar-refractivity contribution < 1.29 is 0 Å². The quantitative estimate of drug-likeness (QED) is 0.0563. The molecule has 0 spiro atoms. The Hall–Kier alpha value is -5.73. The minimum atomic E-state index is 0.610. The van der Waals surface area contributed by atoms with Gasteiger partial charge in [-0.05, 0) is 140 Å². The highest BCUT2D eigenvalue weighted by Gasteiger charge is 2.09. The molecule has 0 aliphatic carbocycles. The Morgan fingerprint density at radius 3 is 0.806 bits per heavy atom. The zero-order valence-corrected chi connectivity index (χ0v) is 38.4. The van der Waals surface area contributed by atoms with Crippen molar-refractivity contribution in [3.63, 3.8) is 0 Å². The molecule has 4 aromatic carbocycles. The molecule has 1 aromatic heterocycles. The lowest BCUT2D eigenvalue weighted by atomic mass is 10.0. The predicted molar refractivity (Wildman–Crippen MR) is 265 cm³/mol. The van der Waals surface area contributed by atoms with Crippen molar-refractivity contribution in [1.29, 1.82) is 0 Å². The molecule has 1 nitrogen and oxygen atoms in total. The molecule has 0 N–H and O–H groups in total. The molecule has 0 fully saturated rings. The Balaban J connectivity index is 1.51. The number of hydrogen-bond acceptors (Lipinski definition) is 1. The van der Waals surface area contributed by atoms with Crippen molar-refractivity contribution in [1.82, 2.24) is 4.98 Å².